The van der Waals surface area contributed by atoms with E-state index < -0.39 is 16.6 Å². The van der Waals surface area contributed by atoms with Crippen LogP contribution in [0.4, 0.5) is 5.69 Å². The van der Waals surface area contributed by atoms with Crippen LogP contribution < -0.4 is 4.74 Å². The zero-order valence-corrected chi connectivity index (χ0v) is 13.0. The Morgan fingerprint density at radius 2 is 2.14 bits per heavy atom. The number of aromatic carboxylic acids is 1. The zero-order chi connectivity index (χ0) is 15.6. The fourth-order valence-corrected chi connectivity index (χ4v) is 2.13. The Labute approximate surface area is 136 Å². The first-order valence-corrected chi connectivity index (χ1v) is 6.85. The third-order valence-electron chi connectivity index (χ3n) is 2.37. The minimum atomic E-state index is -1.21. The number of rotatable bonds is 4. The van der Waals surface area contributed by atoms with Crippen LogP contribution in [0, 0.1) is 13.7 Å². The van der Waals surface area contributed by atoms with Crippen molar-refractivity contribution >= 4 is 45.8 Å². The van der Waals surface area contributed by atoms with E-state index in [-0.39, 0.29) is 22.2 Å². The molecular formula is C12H6ClIN2O5. The first-order chi connectivity index (χ1) is 9.88. The minimum Gasteiger partial charge on any atom is -0.478 e. The Hall–Kier alpha value is -1.94. The Morgan fingerprint density at radius 3 is 2.76 bits per heavy atom. The molecule has 9 heteroatoms. The Morgan fingerprint density at radius 1 is 1.43 bits per heavy atom. The molecule has 0 amide bonds. The van der Waals surface area contributed by atoms with Crippen LogP contribution in [-0.4, -0.2) is 21.0 Å². The highest BCUT2D eigenvalue weighted by Gasteiger charge is 2.21. The summed E-state index contributed by atoms with van der Waals surface area (Å²) in [6.45, 7) is 0. The molecule has 21 heavy (non-hydrogen) atoms. The number of nitro groups is 1. The van der Waals surface area contributed by atoms with Gasteiger partial charge in [-0.3, -0.25) is 10.1 Å². The van der Waals surface area contributed by atoms with Gasteiger partial charge in [-0.1, -0.05) is 11.6 Å². The van der Waals surface area contributed by atoms with Gasteiger partial charge in [0.15, 0.2) is 0 Å². The maximum absolute atomic E-state index is 11.2. The van der Waals surface area contributed by atoms with E-state index in [9.17, 15) is 14.9 Å². The number of carboxylic acids is 1. The molecule has 1 heterocycles. The Kier molecular flexibility index (Phi) is 4.58. The molecular weight excluding hydrogens is 414 g/mol. The molecule has 7 nitrogen and oxygen atoms in total. The third kappa shape index (κ3) is 3.58. The van der Waals surface area contributed by atoms with E-state index in [1.54, 1.807) is 6.07 Å². The van der Waals surface area contributed by atoms with Gasteiger partial charge in [-0.25, -0.2) is 9.78 Å². The van der Waals surface area contributed by atoms with Crippen molar-refractivity contribution in [3.63, 3.8) is 0 Å². The van der Waals surface area contributed by atoms with Crippen molar-refractivity contribution in [2.24, 2.45) is 0 Å². The van der Waals surface area contributed by atoms with Crippen molar-refractivity contribution in [2.45, 2.75) is 0 Å². The predicted octanol–water partition coefficient (Wildman–Crippen LogP) is 3.74. The predicted molar refractivity (Wildman–Crippen MR) is 82.1 cm³/mol. The normalized spacial score (nSPS) is 10.2. The molecule has 0 bridgehead atoms. The summed E-state index contributed by atoms with van der Waals surface area (Å²) in [5.41, 5.74) is -0.565. The molecule has 0 radical (unpaired) electrons. The molecule has 0 saturated heterocycles. The topological polar surface area (TPSA) is 103 Å². The summed E-state index contributed by atoms with van der Waals surface area (Å²) in [6, 6.07) is 5.49. The maximum atomic E-state index is 11.2. The molecule has 0 atom stereocenters. The number of carbonyl (C=O) groups is 1. The van der Waals surface area contributed by atoms with Crippen LogP contribution in [0.25, 0.3) is 0 Å². The number of aromatic nitrogens is 1. The smallest absolute Gasteiger partial charge is 0.339 e. The molecule has 1 aromatic heterocycles. The number of halogens is 2. The molecule has 0 unspecified atom stereocenters. The first kappa shape index (κ1) is 15.4. The summed E-state index contributed by atoms with van der Waals surface area (Å²) >= 11 is 7.60. The molecule has 0 spiro atoms. The van der Waals surface area contributed by atoms with Crippen molar-refractivity contribution < 1.29 is 19.6 Å². The highest BCUT2D eigenvalue weighted by atomic mass is 127. The molecule has 0 aliphatic rings. The number of pyridine rings is 1. The summed E-state index contributed by atoms with van der Waals surface area (Å²) in [5, 5.41) is 20.2. The standard InChI is InChI=1S/C12H6ClIN2O5/c13-6-3-9(16(19)20)11(15-5-6)21-10-2-1-7(14)4-8(10)12(17)18/h1-5H,(H,17,18). The molecule has 0 aliphatic carbocycles. The average Bonchev–Trinajstić information content (AvgIpc) is 2.42. The number of ether oxygens (including phenoxy) is 1. The van der Waals surface area contributed by atoms with Crippen molar-refractivity contribution in [2.75, 3.05) is 0 Å². The lowest BCUT2D eigenvalue weighted by molar-refractivity contribution is -0.386. The van der Waals surface area contributed by atoms with Crippen LogP contribution in [0.1, 0.15) is 10.4 Å². The fraction of sp³-hybridized carbons (Fsp3) is 0. The monoisotopic (exact) mass is 420 g/mol. The second kappa shape index (κ2) is 6.22. The molecule has 0 aliphatic heterocycles. The number of hydrogen-bond donors (Lipinski definition) is 1. The summed E-state index contributed by atoms with van der Waals surface area (Å²) in [7, 11) is 0. The lowest BCUT2D eigenvalue weighted by atomic mass is 10.2. The van der Waals surface area contributed by atoms with Crippen LogP contribution in [0.2, 0.25) is 5.02 Å². The van der Waals surface area contributed by atoms with E-state index in [1.165, 1.54) is 18.3 Å². The number of benzene rings is 1. The Bertz CT molecular complexity index is 676. The molecule has 1 N–H and O–H groups in total. The van der Waals surface area contributed by atoms with Crippen LogP contribution in [0.3, 0.4) is 0 Å². The fourth-order valence-electron chi connectivity index (χ4n) is 1.49. The van der Waals surface area contributed by atoms with Crippen LogP contribution >= 0.6 is 34.2 Å². The number of nitrogens with zero attached hydrogens (tertiary/aromatic N) is 2. The molecule has 2 aromatic rings. The summed E-state index contributed by atoms with van der Waals surface area (Å²) in [6.07, 6.45) is 1.18. The largest absolute Gasteiger partial charge is 0.478 e. The zero-order valence-electron chi connectivity index (χ0n) is 10.1. The van der Waals surface area contributed by atoms with Crippen LogP contribution in [0.5, 0.6) is 11.6 Å². The lowest BCUT2D eigenvalue weighted by Gasteiger charge is -2.08. The SMILES string of the molecule is O=C(O)c1cc(I)ccc1Oc1ncc(Cl)cc1[N+](=O)[O-]. The lowest BCUT2D eigenvalue weighted by Crippen LogP contribution is -2.02. The molecule has 2 rings (SSSR count). The van der Waals surface area contributed by atoms with Crippen molar-refractivity contribution in [3.05, 3.63) is 54.7 Å². The number of hydrogen-bond acceptors (Lipinski definition) is 5. The van der Waals surface area contributed by atoms with Gasteiger partial charge < -0.3 is 9.84 Å². The van der Waals surface area contributed by atoms with E-state index in [0.29, 0.717) is 3.57 Å². The van der Waals surface area contributed by atoms with Gasteiger partial charge >= 0.3 is 11.7 Å². The maximum Gasteiger partial charge on any atom is 0.339 e. The van der Waals surface area contributed by atoms with Gasteiger partial charge in [0.1, 0.15) is 11.3 Å². The van der Waals surface area contributed by atoms with Gasteiger partial charge in [-0.2, -0.15) is 0 Å². The van der Waals surface area contributed by atoms with Gasteiger partial charge in [-0.15, -0.1) is 0 Å². The average molecular weight is 421 g/mol. The van der Waals surface area contributed by atoms with Gasteiger partial charge in [-0.05, 0) is 40.8 Å². The summed E-state index contributed by atoms with van der Waals surface area (Å²) in [5.74, 6) is -1.57. The van der Waals surface area contributed by atoms with Gasteiger partial charge in [0.05, 0.1) is 16.1 Å². The quantitative estimate of drug-likeness (QED) is 0.459. The second-order valence-electron chi connectivity index (χ2n) is 3.78. The van der Waals surface area contributed by atoms with E-state index in [1.807, 2.05) is 22.6 Å². The van der Waals surface area contributed by atoms with Crippen molar-refractivity contribution in [3.8, 4) is 11.6 Å². The highest BCUT2D eigenvalue weighted by Crippen LogP contribution is 2.33. The summed E-state index contributed by atoms with van der Waals surface area (Å²) < 4.78 is 5.97. The van der Waals surface area contributed by atoms with Gasteiger partial charge in [0.25, 0.3) is 5.88 Å². The first-order valence-electron chi connectivity index (χ1n) is 5.39. The van der Waals surface area contributed by atoms with Crippen LogP contribution in [0.15, 0.2) is 30.5 Å². The summed E-state index contributed by atoms with van der Waals surface area (Å²) in [4.78, 5) is 25.1. The van der Waals surface area contributed by atoms with Gasteiger partial charge in [0.2, 0.25) is 0 Å². The molecule has 1 aromatic carbocycles. The van der Waals surface area contributed by atoms with Crippen molar-refractivity contribution in [1.29, 1.82) is 0 Å². The minimum absolute atomic E-state index is 0.0409. The third-order valence-corrected chi connectivity index (χ3v) is 3.25. The van der Waals surface area contributed by atoms with E-state index in [0.717, 1.165) is 6.07 Å². The highest BCUT2D eigenvalue weighted by molar-refractivity contribution is 14.1. The van der Waals surface area contributed by atoms with Crippen molar-refractivity contribution in [1.82, 2.24) is 4.98 Å². The molecule has 108 valence electrons. The molecule has 0 saturated carbocycles. The van der Waals surface area contributed by atoms with E-state index >= 15 is 0 Å². The number of carboxylic acid groups (broad SMARTS) is 1. The molecule has 0 fully saturated rings. The van der Waals surface area contributed by atoms with Crippen LogP contribution in [-0.2, 0) is 0 Å². The van der Waals surface area contributed by atoms with Gasteiger partial charge in [0, 0.05) is 9.64 Å². The van der Waals surface area contributed by atoms with E-state index in [2.05, 4.69) is 4.98 Å². The van der Waals surface area contributed by atoms with E-state index in [4.69, 9.17) is 21.4 Å². The Balaban J connectivity index is 2.48. The second-order valence-corrected chi connectivity index (χ2v) is 5.46.